The molecule has 0 bridgehead atoms. The Labute approximate surface area is 120 Å². The largest absolute Gasteiger partial charge is 0.502 e. The van der Waals surface area contributed by atoms with E-state index in [1.807, 2.05) is 6.92 Å². The summed E-state index contributed by atoms with van der Waals surface area (Å²) < 4.78 is 5.67. The topological polar surface area (TPSA) is 102 Å². The van der Waals surface area contributed by atoms with Gasteiger partial charge in [0.25, 0.3) is 0 Å². The molecule has 3 aromatic rings. The van der Waals surface area contributed by atoms with Crippen LogP contribution in [0, 0.1) is 6.92 Å². The Morgan fingerprint density at radius 1 is 1.10 bits per heavy atom. The van der Waals surface area contributed by atoms with Gasteiger partial charge in [-0.1, -0.05) is 0 Å². The van der Waals surface area contributed by atoms with E-state index in [-0.39, 0.29) is 16.7 Å². The van der Waals surface area contributed by atoms with Crippen molar-refractivity contribution in [2.75, 3.05) is 11.5 Å². The van der Waals surface area contributed by atoms with Gasteiger partial charge in [0.2, 0.25) is 11.2 Å². The Kier molecular flexibility index (Phi) is 2.83. The first-order valence-electron chi connectivity index (χ1n) is 6.39. The van der Waals surface area contributed by atoms with Crippen molar-refractivity contribution in [3.8, 4) is 17.1 Å². The van der Waals surface area contributed by atoms with Crippen LogP contribution in [0.25, 0.3) is 22.3 Å². The number of hydrogen-bond acceptors (Lipinski definition) is 5. The van der Waals surface area contributed by atoms with E-state index >= 15 is 0 Å². The zero-order valence-electron chi connectivity index (χ0n) is 11.4. The highest BCUT2D eigenvalue weighted by atomic mass is 16.4. The highest BCUT2D eigenvalue weighted by molar-refractivity contribution is 5.90. The van der Waals surface area contributed by atoms with Crippen molar-refractivity contribution in [3.05, 3.63) is 52.2 Å². The average molecular weight is 282 g/mol. The van der Waals surface area contributed by atoms with Crippen molar-refractivity contribution in [3.63, 3.8) is 0 Å². The van der Waals surface area contributed by atoms with E-state index in [2.05, 4.69) is 0 Å². The minimum Gasteiger partial charge on any atom is -0.502 e. The number of hydrogen-bond donors (Lipinski definition) is 3. The predicted molar refractivity (Wildman–Crippen MR) is 83.1 cm³/mol. The molecule has 0 unspecified atom stereocenters. The van der Waals surface area contributed by atoms with E-state index in [0.29, 0.717) is 16.9 Å². The van der Waals surface area contributed by atoms with Gasteiger partial charge in [-0.25, -0.2) is 0 Å². The first-order chi connectivity index (χ1) is 9.97. The molecule has 5 N–H and O–H groups in total. The second-order valence-electron chi connectivity index (χ2n) is 4.96. The Morgan fingerprint density at radius 3 is 2.43 bits per heavy atom. The van der Waals surface area contributed by atoms with Gasteiger partial charge in [0, 0.05) is 11.3 Å². The third-order valence-corrected chi connectivity index (χ3v) is 3.31. The van der Waals surface area contributed by atoms with Crippen molar-refractivity contribution in [2.45, 2.75) is 6.92 Å². The van der Waals surface area contributed by atoms with E-state index < -0.39 is 11.2 Å². The van der Waals surface area contributed by atoms with Crippen LogP contribution in [-0.4, -0.2) is 5.11 Å². The first kappa shape index (κ1) is 13.1. The van der Waals surface area contributed by atoms with Crippen LogP contribution in [0.1, 0.15) is 5.56 Å². The van der Waals surface area contributed by atoms with E-state index in [4.69, 9.17) is 15.9 Å². The molecule has 0 saturated heterocycles. The molecule has 0 radical (unpaired) electrons. The van der Waals surface area contributed by atoms with Crippen LogP contribution in [0.3, 0.4) is 0 Å². The maximum Gasteiger partial charge on any atom is 0.235 e. The molecule has 5 heteroatoms. The smallest absolute Gasteiger partial charge is 0.235 e. The Hall–Kier alpha value is -2.95. The molecule has 0 fully saturated rings. The average Bonchev–Trinajstić information content (AvgIpc) is 2.44. The summed E-state index contributed by atoms with van der Waals surface area (Å²) in [6.45, 7) is 1.82. The minimum atomic E-state index is -0.501. The summed E-state index contributed by atoms with van der Waals surface area (Å²) in [6.07, 6.45) is 0. The second-order valence-corrected chi connectivity index (χ2v) is 4.96. The summed E-state index contributed by atoms with van der Waals surface area (Å²) >= 11 is 0. The molecule has 3 rings (SSSR count). The molecule has 0 atom stereocenters. The number of anilines is 2. The summed E-state index contributed by atoms with van der Waals surface area (Å²) in [7, 11) is 0. The first-order valence-corrected chi connectivity index (χ1v) is 6.39. The van der Waals surface area contributed by atoms with E-state index in [1.54, 1.807) is 36.4 Å². The summed E-state index contributed by atoms with van der Waals surface area (Å²) in [5.74, 6) is -0.347. The number of nitrogen functional groups attached to an aromatic ring is 2. The fourth-order valence-corrected chi connectivity index (χ4v) is 2.29. The molecule has 1 heterocycles. The Bertz CT molecular complexity index is 896. The third kappa shape index (κ3) is 2.08. The maximum atomic E-state index is 12.3. The standard InChI is InChI=1S/C16H14N2O3/c1-8-6-11-13(19)14(20)15(21-16(11)12(18)7-8)9-2-4-10(17)5-3-9/h2-7,20H,17-18H2,1H3. The molecule has 0 aliphatic heterocycles. The molecule has 0 aliphatic carbocycles. The molecule has 1 aromatic heterocycles. The summed E-state index contributed by atoms with van der Waals surface area (Å²) in [6, 6.07) is 10.0. The van der Waals surface area contributed by atoms with Gasteiger partial charge in [0.1, 0.15) is 0 Å². The normalized spacial score (nSPS) is 10.9. The molecule has 2 aromatic carbocycles. The molecular formula is C16H14N2O3. The predicted octanol–water partition coefficient (Wildman–Crippen LogP) is 2.64. The van der Waals surface area contributed by atoms with Gasteiger partial charge < -0.3 is 21.0 Å². The van der Waals surface area contributed by atoms with Gasteiger partial charge in [0.05, 0.1) is 11.1 Å². The lowest BCUT2D eigenvalue weighted by molar-refractivity contribution is 0.449. The van der Waals surface area contributed by atoms with Gasteiger partial charge in [-0.05, 0) is 48.9 Å². The second kappa shape index (κ2) is 4.56. The fourth-order valence-electron chi connectivity index (χ4n) is 2.29. The highest BCUT2D eigenvalue weighted by Crippen LogP contribution is 2.32. The monoisotopic (exact) mass is 282 g/mol. The van der Waals surface area contributed by atoms with E-state index in [9.17, 15) is 9.90 Å². The molecular weight excluding hydrogens is 268 g/mol. The summed E-state index contributed by atoms with van der Waals surface area (Å²) in [4.78, 5) is 12.3. The minimum absolute atomic E-state index is 0.0862. The summed E-state index contributed by atoms with van der Waals surface area (Å²) in [5, 5.41) is 10.4. The van der Waals surface area contributed by atoms with Crippen LogP contribution in [0.2, 0.25) is 0 Å². The number of nitrogens with two attached hydrogens (primary N) is 2. The van der Waals surface area contributed by atoms with Gasteiger partial charge in [-0.3, -0.25) is 4.79 Å². The lowest BCUT2D eigenvalue weighted by Crippen LogP contribution is -2.04. The number of rotatable bonds is 1. The van der Waals surface area contributed by atoms with Gasteiger partial charge in [-0.2, -0.15) is 0 Å². The van der Waals surface area contributed by atoms with Gasteiger partial charge in [0.15, 0.2) is 11.3 Å². The van der Waals surface area contributed by atoms with Crippen LogP contribution in [0.5, 0.6) is 5.75 Å². The third-order valence-electron chi connectivity index (χ3n) is 3.31. The zero-order valence-corrected chi connectivity index (χ0v) is 11.4. The SMILES string of the molecule is Cc1cc(N)c2oc(-c3ccc(N)cc3)c(O)c(=O)c2c1. The van der Waals surface area contributed by atoms with Crippen LogP contribution in [-0.2, 0) is 0 Å². The molecule has 0 spiro atoms. The number of fused-ring (bicyclic) bond motifs is 1. The quantitative estimate of drug-likeness (QED) is 0.595. The zero-order chi connectivity index (χ0) is 15.1. The van der Waals surface area contributed by atoms with Gasteiger partial charge >= 0.3 is 0 Å². The molecule has 106 valence electrons. The van der Waals surface area contributed by atoms with Crippen molar-refractivity contribution in [2.24, 2.45) is 0 Å². The van der Waals surface area contributed by atoms with E-state index in [0.717, 1.165) is 5.56 Å². The molecule has 0 aliphatic rings. The fraction of sp³-hybridized carbons (Fsp3) is 0.0625. The van der Waals surface area contributed by atoms with Crippen LogP contribution in [0.15, 0.2) is 45.6 Å². The number of aromatic hydroxyl groups is 1. The molecule has 0 amide bonds. The lowest BCUT2D eigenvalue weighted by atomic mass is 10.1. The van der Waals surface area contributed by atoms with Gasteiger partial charge in [-0.15, -0.1) is 0 Å². The Balaban J connectivity index is 2.37. The summed E-state index contributed by atoms with van der Waals surface area (Å²) in [5.41, 5.74) is 13.6. The van der Waals surface area contributed by atoms with Crippen LogP contribution >= 0.6 is 0 Å². The highest BCUT2D eigenvalue weighted by Gasteiger charge is 2.17. The lowest BCUT2D eigenvalue weighted by Gasteiger charge is -2.08. The molecule has 0 saturated carbocycles. The van der Waals surface area contributed by atoms with Crippen molar-refractivity contribution in [1.29, 1.82) is 0 Å². The van der Waals surface area contributed by atoms with Crippen LogP contribution in [0.4, 0.5) is 11.4 Å². The van der Waals surface area contributed by atoms with Crippen molar-refractivity contribution < 1.29 is 9.52 Å². The number of aryl methyl sites for hydroxylation is 1. The molecule has 5 nitrogen and oxygen atoms in total. The number of benzene rings is 2. The van der Waals surface area contributed by atoms with Crippen LogP contribution < -0.4 is 16.9 Å². The Morgan fingerprint density at radius 2 is 1.76 bits per heavy atom. The van der Waals surface area contributed by atoms with Crippen molar-refractivity contribution in [1.82, 2.24) is 0 Å². The molecule has 21 heavy (non-hydrogen) atoms. The maximum absolute atomic E-state index is 12.3. The van der Waals surface area contributed by atoms with E-state index in [1.165, 1.54) is 0 Å². The van der Waals surface area contributed by atoms with Crippen molar-refractivity contribution >= 4 is 22.3 Å².